The normalized spacial score (nSPS) is 16.6. The lowest BCUT2D eigenvalue weighted by Gasteiger charge is -2.37. The number of aryl methyl sites for hydroxylation is 2. The van der Waals surface area contributed by atoms with E-state index in [2.05, 4.69) is 61.3 Å². The maximum Gasteiger partial charge on any atom is 0.258 e. The van der Waals surface area contributed by atoms with Gasteiger partial charge in [0.25, 0.3) is 5.89 Å². The van der Waals surface area contributed by atoms with Gasteiger partial charge >= 0.3 is 0 Å². The summed E-state index contributed by atoms with van der Waals surface area (Å²) >= 11 is 11.7. The van der Waals surface area contributed by atoms with Crippen molar-refractivity contribution in [3.63, 3.8) is 0 Å². The van der Waals surface area contributed by atoms with Crippen LogP contribution in [0.25, 0.3) is 17.0 Å². The molecule has 1 N–H and O–H groups in total. The molecule has 2 heterocycles. The van der Waals surface area contributed by atoms with Crippen LogP contribution in [0.5, 0.6) is 0 Å². The first-order chi connectivity index (χ1) is 14.9. The van der Waals surface area contributed by atoms with Gasteiger partial charge in [0.2, 0.25) is 5.82 Å². The number of halogens is 1. The molecule has 0 spiro atoms. The Bertz CT molecular complexity index is 1150. The highest BCUT2D eigenvalue weighted by Crippen LogP contribution is 2.38. The van der Waals surface area contributed by atoms with E-state index in [1.807, 2.05) is 24.3 Å². The lowest BCUT2D eigenvalue weighted by Crippen LogP contribution is -2.46. The van der Waals surface area contributed by atoms with Gasteiger partial charge in [0, 0.05) is 22.8 Å². The number of benzene rings is 2. The van der Waals surface area contributed by atoms with Crippen LogP contribution in [0.2, 0.25) is 5.02 Å². The van der Waals surface area contributed by atoms with Crippen LogP contribution < -0.4 is 5.32 Å². The van der Waals surface area contributed by atoms with Gasteiger partial charge in [-0.05, 0) is 80.4 Å². The molecule has 0 radical (unpaired) electrons. The largest absolute Gasteiger partial charge is 0.351 e. The molecule has 7 heteroatoms. The molecule has 0 saturated heterocycles. The molecule has 4 rings (SSSR count). The van der Waals surface area contributed by atoms with Crippen molar-refractivity contribution in [2.75, 3.05) is 6.54 Å². The van der Waals surface area contributed by atoms with E-state index in [-0.39, 0.29) is 6.04 Å². The number of nitrogens with zero attached hydrogens (tertiary/aromatic N) is 3. The maximum absolute atomic E-state index is 6.02. The monoisotopic (exact) mass is 452 g/mol. The van der Waals surface area contributed by atoms with Gasteiger partial charge in [0.15, 0.2) is 5.11 Å². The first-order valence-corrected chi connectivity index (χ1v) is 11.1. The zero-order chi connectivity index (χ0) is 22.1. The molecular weight excluding hydrogens is 428 g/mol. The van der Waals surface area contributed by atoms with E-state index in [1.165, 1.54) is 11.1 Å². The van der Waals surface area contributed by atoms with Gasteiger partial charge in [-0.25, -0.2) is 0 Å². The minimum atomic E-state index is -0.168. The summed E-state index contributed by atoms with van der Waals surface area (Å²) in [6.45, 7) is 9.25. The van der Waals surface area contributed by atoms with Gasteiger partial charge < -0.3 is 14.7 Å². The Morgan fingerprint density at radius 3 is 2.52 bits per heavy atom. The van der Waals surface area contributed by atoms with Gasteiger partial charge in [-0.3, -0.25) is 0 Å². The molecule has 1 aliphatic rings. The van der Waals surface area contributed by atoms with Gasteiger partial charge in [-0.2, -0.15) is 4.98 Å². The molecule has 0 amide bonds. The Morgan fingerprint density at radius 2 is 1.84 bits per heavy atom. The molecule has 2 aromatic carbocycles. The SMILES string of the molecule is CCCN1C(=S)NC(c2ccc(C)c(C)c2)C(c2nc(-c3ccc(Cl)cc3)no2)=C1C. The number of hydrogen-bond acceptors (Lipinski definition) is 4. The number of hydrogen-bond donors (Lipinski definition) is 1. The quantitative estimate of drug-likeness (QED) is 0.473. The summed E-state index contributed by atoms with van der Waals surface area (Å²) in [6.07, 6.45) is 0.973. The summed E-state index contributed by atoms with van der Waals surface area (Å²) in [5.41, 5.74) is 6.41. The minimum absolute atomic E-state index is 0.168. The van der Waals surface area contributed by atoms with Crippen molar-refractivity contribution in [3.05, 3.63) is 75.8 Å². The highest BCUT2D eigenvalue weighted by molar-refractivity contribution is 7.80. The van der Waals surface area contributed by atoms with Crippen molar-refractivity contribution < 1.29 is 4.52 Å². The zero-order valence-electron chi connectivity index (χ0n) is 18.1. The summed E-state index contributed by atoms with van der Waals surface area (Å²) in [5, 5.41) is 9.12. The van der Waals surface area contributed by atoms with E-state index in [1.54, 1.807) is 0 Å². The van der Waals surface area contributed by atoms with Gasteiger partial charge in [0.1, 0.15) is 0 Å². The fraction of sp³-hybridized carbons (Fsp3) is 0.292. The van der Waals surface area contributed by atoms with Crippen molar-refractivity contribution in [1.29, 1.82) is 0 Å². The fourth-order valence-corrected chi connectivity index (χ4v) is 4.27. The van der Waals surface area contributed by atoms with Crippen molar-refractivity contribution in [2.45, 2.75) is 40.2 Å². The van der Waals surface area contributed by atoms with Crippen LogP contribution in [0.15, 0.2) is 52.7 Å². The Morgan fingerprint density at radius 1 is 1.10 bits per heavy atom. The number of thiocarbonyl (C=S) groups is 1. The fourth-order valence-electron chi connectivity index (χ4n) is 3.79. The van der Waals surface area contributed by atoms with E-state index in [4.69, 9.17) is 33.3 Å². The third kappa shape index (κ3) is 4.23. The molecular formula is C24H25ClN4OS. The highest BCUT2D eigenvalue weighted by atomic mass is 35.5. The molecule has 31 heavy (non-hydrogen) atoms. The second kappa shape index (κ2) is 8.81. The van der Waals surface area contributed by atoms with Crippen molar-refractivity contribution in [3.8, 4) is 11.4 Å². The summed E-state index contributed by atoms with van der Waals surface area (Å²) < 4.78 is 5.76. The molecule has 0 aliphatic carbocycles. The average molecular weight is 453 g/mol. The Labute approximate surface area is 193 Å². The third-order valence-electron chi connectivity index (χ3n) is 5.67. The first-order valence-electron chi connectivity index (χ1n) is 10.3. The van der Waals surface area contributed by atoms with Crippen LogP contribution in [-0.2, 0) is 0 Å². The Balaban J connectivity index is 1.82. The summed E-state index contributed by atoms with van der Waals surface area (Å²) in [4.78, 5) is 6.84. The molecule has 1 atom stereocenters. The van der Waals surface area contributed by atoms with E-state index < -0.39 is 0 Å². The standard InChI is InChI=1S/C24H25ClN4OS/c1-5-12-29-16(4)20(21(26-24(29)31)18-7-6-14(2)15(3)13-18)23-27-22(28-30-23)17-8-10-19(25)11-9-17/h6-11,13,21H,5,12H2,1-4H3,(H,26,31). The van der Waals surface area contributed by atoms with Crippen LogP contribution in [0.1, 0.15) is 48.9 Å². The Hall–Kier alpha value is -2.70. The molecule has 0 fully saturated rings. The molecule has 5 nitrogen and oxygen atoms in total. The van der Waals surface area contributed by atoms with E-state index in [9.17, 15) is 0 Å². The minimum Gasteiger partial charge on any atom is -0.351 e. The van der Waals surface area contributed by atoms with Crippen LogP contribution in [-0.4, -0.2) is 26.7 Å². The lowest BCUT2D eigenvalue weighted by molar-refractivity contribution is 0.396. The molecule has 3 aromatic rings. The summed E-state index contributed by atoms with van der Waals surface area (Å²) in [7, 11) is 0. The van der Waals surface area contributed by atoms with Gasteiger partial charge in [-0.15, -0.1) is 0 Å². The maximum atomic E-state index is 6.02. The Kier molecular flexibility index (Phi) is 6.12. The number of rotatable bonds is 5. The van der Waals surface area contributed by atoms with Crippen LogP contribution in [0.4, 0.5) is 0 Å². The number of allylic oxidation sites excluding steroid dienone is 1. The topological polar surface area (TPSA) is 54.2 Å². The van der Waals surface area contributed by atoms with E-state index >= 15 is 0 Å². The molecule has 1 unspecified atom stereocenters. The van der Waals surface area contributed by atoms with Crippen molar-refractivity contribution >= 4 is 34.5 Å². The lowest BCUT2D eigenvalue weighted by atomic mass is 9.92. The molecule has 1 aromatic heterocycles. The average Bonchev–Trinajstić information content (AvgIpc) is 3.23. The molecule has 160 valence electrons. The van der Waals surface area contributed by atoms with Crippen LogP contribution in [0.3, 0.4) is 0 Å². The summed E-state index contributed by atoms with van der Waals surface area (Å²) in [6, 6.07) is 13.7. The first kappa shape index (κ1) is 21.5. The highest BCUT2D eigenvalue weighted by Gasteiger charge is 2.33. The van der Waals surface area contributed by atoms with E-state index in [0.717, 1.165) is 35.4 Å². The van der Waals surface area contributed by atoms with Gasteiger partial charge in [0.05, 0.1) is 11.6 Å². The second-order valence-corrected chi connectivity index (χ2v) is 8.63. The van der Waals surface area contributed by atoms with Crippen molar-refractivity contribution in [1.82, 2.24) is 20.4 Å². The van der Waals surface area contributed by atoms with Crippen LogP contribution >= 0.6 is 23.8 Å². The van der Waals surface area contributed by atoms with Crippen LogP contribution in [0, 0.1) is 13.8 Å². The van der Waals surface area contributed by atoms with Gasteiger partial charge in [-0.1, -0.05) is 41.9 Å². The van der Waals surface area contributed by atoms with Crippen molar-refractivity contribution in [2.24, 2.45) is 0 Å². The summed E-state index contributed by atoms with van der Waals surface area (Å²) in [5.74, 6) is 1.02. The third-order valence-corrected chi connectivity index (χ3v) is 6.26. The predicted octanol–water partition coefficient (Wildman–Crippen LogP) is 6.08. The second-order valence-electron chi connectivity index (χ2n) is 7.81. The predicted molar refractivity (Wildman–Crippen MR) is 129 cm³/mol. The molecule has 0 bridgehead atoms. The smallest absolute Gasteiger partial charge is 0.258 e. The van der Waals surface area contributed by atoms with E-state index in [0.29, 0.717) is 21.9 Å². The zero-order valence-corrected chi connectivity index (χ0v) is 19.6. The number of nitrogens with one attached hydrogen (secondary N) is 1. The molecule has 1 aliphatic heterocycles. The number of aromatic nitrogens is 2. The molecule has 0 saturated carbocycles.